The number of rotatable bonds is 8. The van der Waals surface area contributed by atoms with E-state index < -0.39 is 0 Å². The van der Waals surface area contributed by atoms with Crippen LogP contribution in [0.25, 0.3) is 22.3 Å². The van der Waals surface area contributed by atoms with Crippen molar-refractivity contribution in [2.75, 3.05) is 51.3 Å². The predicted molar refractivity (Wildman–Crippen MR) is 158 cm³/mol. The van der Waals surface area contributed by atoms with Gasteiger partial charge in [-0.25, -0.2) is 0 Å². The quantitative estimate of drug-likeness (QED) is 0.249. The Morgan fingerprint density at radius 2 is 1.58 bits per heavy atom. The van der Waals surface area contributed by atoms with E-state index in [1.807, 2.05) is 67.6 Å². The standard InChI is InChI=1S/C30H32N2O4.2ClH/c1-22-28(33)25-12-8-11-24(30(25)36-29(22)23-9-4-3-5-10-23)21-35-20-19-31-15-17-32(18-16-31)26-13-6-7-14-27(26)34-2;;/h3-14H,15-21H2,1-2H3;2*1H. The van der Waals surface area contributed by atoms with Crippen LogP contribution < -0.4 is 15.1 Å². The van der Waals surface area contributed by atoms with Crippen LogP contribution in [0.5, 0.6) is 5.75 Å². The first-order valence-corrected chi connectivity index (χ1v) is 12.4. The van der Waals surface area contributed by atoms with Crippen molar-refractivity contribution in [3.63, 3.8) is 0 Å². The molecule has 8 heteroatoms. The normalized spacial score (nSPS) is 13.6. The van der Waals surface area contributed by atoms with Gasteiger partial charge in [0.2, 0.25) is 0 Å². The van der Waals surface area contributed by atoms with Gasteiger partial charge in [0.1, 0.15) is 17.1 Å². The molecule has 1 fully saturated rings. The lowest BCUT2D eigenvalue weighted by molar-refractivity contribution is 0.0908. The number of anilines is 1. The third kappa shape index (κ3) is 6.33. The van der Waals surface area contributed by atoms with Crippen LogP contribution in [0, 0.1) is 6.92 Å². The highest BCUT2D eigenvalue weighted by Gasteiger charge is 2.19. The summed E-state index contributed by atoms with van der Waals surface area (Å²) >= 11 is 0. The molecule has 1 saturated heterocycles. The number of halogens is 2. The summed E-state index contributed by atoms with van der Waals surface area (Å²) in [6, 6.07) is 23.7. The topological polar surface area (TPSA) is 55.2 Å². The lowest BCUT2D eigenvalue weighted by Crippen LogP contribution is -2.47. The zero-order chi connectivity index (χ0) is 24.9. The highest BCUT2D eigenvalue weighted by molar-refractivity contribution is 5.85. The largest absolute Gasteiger partial charge is 0.495 e. The number of benzene rings is 3. The Morgan fingerprint density at radius 3 is 2.32 bits per heavy atom. The molecule has 1 aliphatic rings. The molecule has 6 nitrogen and oxygen atoms in total. The van der Waals surface area contributed by atoms with Crippen LogP contribution in [-0.2, 0) is 11.3 Å². The van der Waals surface area contributed by atoms with Crippen molar-refractivity contribution in [1.29, 1.82) is 0 Å². The highest BCUT2D eigenvalue weighted by Crippen LogP contribution is 2.29. The summed E-state index contributed by atoms with van der Waals surface area (Å²) in [6.45, 7) is 7.57. The first-order chi connectivity index (χ1) is 17.7. The Hall–Kier alpha value is -3.03. The molecular weight excluding hydrogens is 523 g/mol. The lowest BCUT2D eigenvalue weighted by Gasteiger charge is -2.36. The fourth-order valence-electron chi connectivity index (χ4n) is 4.83. The molecule has 0 N–H and O–H groups in total. The average molecular weight is 558 g/mol. The number of hydrogen-bond donors (Lipinski definition) is 0. The Morgan fingerprint density at radius 1 is 0.868 bits per heavy atom. The molecule has 0 unspecified atom stereocenters. The molecule has 0 amide bonds. The van der Waals surface area contributed by atoms with Gasteiger partial charge >= 0.3 is 0 Å². The fraction of sp³-hybridized carbons (Fsp3) is 0.300. The smallest absolute Gasteiger partial charge is 0.196 e. The van der Waals surface area contributed by atoms with Gasteiger partial charge in [0.25, 0.3) is 0 Å². The molecule has 38 heavy (non-hydrogen) atoms. The van der Waals surface area contributed by atoms with E-state index in [2.05, 4.69) is 21.9 Å². The van der Waals surface area contributed by atoms with E-state index in [-0.39, 0.29) is 30.2 Å². The summed E-state index contributed by atoms with van der Waals surface area (Å²) in [5.41, 5.74) is 4.18. The van der Waals surface area contributed by atoms with Crippen LogP contribution in [0.15, 0.2) is 82.0 Å². The minimum atomic E-state index is 0. The number of para-hydroxylation sites is 3. The SMILES string of the molecule is COc1ccccc1N1CCN(CCOCc2cccc3c(=O)c(C)c(-c4ccccc4)oc23)CC1.Cl.Cl. The first kappa shape index (κ1) is 29.5. The number of fused-ring (bicyclic) bond motifs is 1. The number of methoxy groups -OCH3 is 1. The van der Waals surface area contributed by atoms with Crippen molar-refractivity contribution in [1.82, 2.24) is 4.90 Å². The number of ether oxygens (including phenoxy) is 2. The molecule has 1 aliphatic heterocycles. The molecule has 0 spiro atoms. The minimum absolute atomic E-state index is 0. The van der Waals surface area contributed by atoms with Crippen molar-refractivity contribution < 1.29 is 13.9 Å². The summed E-state index contributed by atoms with van der Waals surface area (Å²) in [7, 11) is 1.72. The van der Waals surface area contributed by atoms with Crippen molar-refractivity contribution in [2.24, 2.45) is 0 Å². The monoisotopic (exact) mass is 556 g/mol. The van der Waals surface area contributed by atoms with Crippen molar-refractivity contribution in [2.45, 2.75) is 13.5 Å². The molecule has 1 aromatic heterocycles. The van der Waals surface area contributed by atoms with Gasteiger partial charge in [0.15, 0.2) is 5.43 Å². The number of piperazine rings is 1. The number of hydrogen-bond acceptors (Lipinski definition) is 6. The third-order valence-corrected chi connectivity index (χ3v) is 6.87. The van der Waals surface area contributed by atoms with Gasteiger partial charge in [-0.3, -0.25) is 9.69 Å². The molecule has 0 atom stereocenters. The van der Waals surface area contributed by atoms with Gasteiger partial charge in [-0.15, -0.1) is 24.8 Å². The summed E-state index contributed by atoms with van der Waals surface area (Å²) in [6.07, 6.45) is 0. The van der Waals surface area contributed by atoms with Crippen molar-refractivity contribution >= 4 is 41.5 Å². The predicted octanol–water partition coefficient (Wildman–Crippen LogP) is 5.96. The Kier molecular flexibility index (Phi) is 10.6. The van der Waals surface area contributed by atoms with Crippen LogP contribution in [0.4, 0.5) is 5.69 Å². The van der Waals surface area contributed by atoms with Gasteiger partial charge in [-0.1, -0.05) is 54.6 Å². The van der Waals surface area contributed by atoms with E-state index in [0.29, 0.717) is 35.5 Å². The van der Waals surface area contributed by atoms with Gasteiger partial charge in [0.05, 0.1) is 31.4 Å². The summed E-state index contributed by atoms with van der Waals surface area (Å²) < 4.78 is 17.9. The Labute approximate surface area is 236 Å². The van der Waals surface area contributed by atoms with E-state index in [4.69, 9.17) is 13.9 Å². The molecule has 5 rings (SSSR count). The van der Waals surface area contributed by atoms with Gasteiger partial charge in [-0.05, 0) is 25.1 Å². The highest BCUT2D eigenvalue weighted by atomic mass is 35.5. The Balaban J connectivity index is 0.00000200. The maximum Gasteiger partial charge on any atom is 0.196 e. The molecule has 4 aromatic rings. The number of nitrogens with zero attached hydrogens (tertiary/aromatic N) is 2. The summed E-state index contributed by atoms with van der Waals surface area (Å²) in [4.78, 5) is 17.9. The Bertz CT molecular complexity index is 1390. The van der Waals surface area contributed by atoms with E-state index in [9.17, 15) is 4.79 Å². The zero-order valence-corrected chi connectivity index (χ0v) is 23.4. The third-order valence-electron chi connectivity index (χ3n) is 6.87. The van der Waals surface area contributed by atoms with Gasteiger partial charge in [-0.2, -0.15) is 0 Å². The lowest BCUT2D eigenvalue weighted by atomic mass is 10.0. The summed E-state index contributed by atoms with van der Waals surface area (Å²) in [5.74, 6) is 1.54. The zero-order valence-electron chi connectivity index (χ0n) is 21.7. The van der Waals surface area contributed by atoms with E-state index in [1.54, 1.807) is 7.11 Å². The van der Waals surface area contributed by atoms with Crippen LogP contribution in [0.1, 0.15) is 11.1 Å². The van der Waals surface area contributed by atoms with E-state index in [1.165, 1.54) is 0 Å². The molecule has 0 aliphatic carbocycles. The van der Waals surface area contributed by atoms with Crippen LogP contribution in [-0.4, -0.2) is 51.3 Å². The van der Waals surface area contributed by atoms with Crippen LogP contribution >= 0.6 is 24.8 Å². The first-order valence-electron chi connectivity index (χ1n) is 12.4. The molecular formula is C30H34Cl2N2O4. The molecule has 2 heterocycles. The molecule has 0 saturated carbocycles. The molecule has 3 aromatic carbocycles. The van der Waals surface area contributed by atoms with Crippen molar-refractivity contribution in [3.05, 3.63) is 94.1 Å². The van der Waals surface area contributed by atoms with Gasteiger partial charge < -0.3 is 18.8 Å². The van der Waals surface area contributed by atoms with E-state index in [0.717, 1.165) is 55.3 Å². The second-order valence-electron chi connectivity index (χ2n) is 9.10. The maximum absolute atomic E-state index is 13.1. The second-order valence-corrected chi connectivity index (χ2v) is 9.10. The van der Waals surface area contributed by atoms with E-state index >= 15 is 0 Å². The second kappa shape index (κ2) is 13.7. The molecule has 0 bridgehead atoms. The summed E-state index contributed by atoms with van der Waals surface area (Å²) in [5, 5.41) is 0.598. The fourth-order valence-corrected chi connectivity index (χ4v) is 4.83. The van der Waals surface area contributed by atoms with Crippen molar-refractivity contribution in [3.8, 4) is 17.1 Å². The maximum atomic E-state index is 13.1. The van der Waals surface area contributed by atoms with Crippen LogP contribution in [0.2, 0.25) is 0 Å². The molecule has 0 radical (unpaired) electrons. The average Bonchev–Trinajstić information content (AvgIpc) is 2.94. The van der Waals surface area contributed by atoms with Crippen LogP contribution in [0.3, 0.4) is 0 Å². The van der Waals surface area contributed by atoms with Gasteiger partial charge in [0, 0.05) is 49.4 Å². The molecule has 202 valence electrons. The minimum Gasteiger partial charge on any atom is -0.495 e.